The van der Waals surface area contributed by atoms with Crippen LogP contribution in [-0.4, -0.2) is 10.8 Å². The van der Waals surface area contributed by atoms with E-state index < -0.39 is 0 Å². The van der Waals surface area contributed by atoms with Gasteiger partial charge in [0, 0.05) is 12.4 Å². The van der Waals surface area contributed by atoms with Crippen molar-refractivity contribution in [3.8, 4) is 0 Å². The minimum Gasteiger partial charge on any atom is -0.347 e. The van der Waals surface area contributed by atoms with E-state index in [4.69, 9.17) is 0 Å². The molecule has 0 atom stereocenters. The minimum absolute atomic E-state index is 0. The van der Waals surface area contributed by atoms with Crippen LogP contribution < -0.4 is 0 Å². The van der Waals surface area contributed by atoms with E-state index in [9.17, 15) is 4.79 Å². The Hall–Kier alpha value is -2.22. The number of carbonyl (C=O) groups is 1. The molecule has 0 fully saturated rings. The monoisotopic (exact) mass is 317 g/mol. The molecule has 3 aromatic rings. The van der Waals surface area contributed by atoms with E-state index in [1.165, 1.54) is 0 Å². The second kappa shape index (κ2) is 9.65. The van der Waals surface area contributed by atoms with Crippen LogP contribution in [0.15, 0.2) is 85.2 Å². The standard InChI is InChI=1S/C13H10NO.C5H5.Fe/c15-13(12-5-1-2-6-12)8-7-11-4-3-9-14-10-11;1-2-4-5-3-1;/h1-10H;1-5H;/q2*-1;+2/b8-7+;;. The van der Waals surface area contributed by atoms with Crippen molar-refractivity contribution in [3.05, 3.63) is 96.3 Å². The predicted molar refractivity (Wildman–Crippen MR) is 81.7 cm³/mol. The molecule has 0 radical (unpaired) electrons. The van der Waals surface area contributed by atoms with Crippen LogP contribution in [0.1, 0.15) is 15.9 Å². The fourth-order valence-electron chi connectivity index (χ4n) is 1.60. The Bertz CT molecular complexity index is 608. The number of pyridine rings is 1. The molecule has 3 rings (SSSR count). The van der Waals surface area contributed by atoms with E-state index in [-0.39, 0.29) is 22.9 Å². The number of ketones is 1. The van der Waals surface area contributed by atoms with Gasteiger partial charge >= 0.3 is 17.1 Å². The second-order valence-electron chi connectivity index (χ2n) is 4.12. The Labute approximate surface area is 135 Å². The molecule has 0 saturated heterocycles. The fourth-order valence-corrected chi connectivity index (χ4v) is 1.60. The van der Waals surface area contributed by atoms with E-state index in [1.54, 1.807) is 36.7 Å². The number of nitrogens with zero attached hydrogens (tertiary/aromatic N) is 1. The first-order valence-corrected chi connectivity index (χ1v) is 6.37. The zero-order valence-corrected chi connectivity index (χ0v) is 12.5. The van der Waals surface area contributed by atoms with Gasteiger partial charge in [-0.3, -0.25) is 4.98 Å². The van der Waals surface area contributed by atoms with Crippen molar-refractivity contribution in [1.29, 1.82) is 0 Å². The predicted octanol–water partition coefficient (Wildman–Crippen LogP) is 4.10. The molecule has 0 aliphatic carbocycles. The maximum Gasteiger partial charge on any atom is 2.00 e. The van der Waals surface area contributed by atoms with Gasteiger partial charge in [-0.2, -0.15) is 36.4 Å². The number of hydrogen-bond acceptors (Lipinski definition) is 2. The average Bonchev–Trinajstić information content (AvgIpc) is 3.20. The molecule has 0 spiro atoms. The van der Waals surface area contributed by atoms with Gasteiger partial charge in [-0.1, -0.05) is 18.2 Å². The molecule has 0 amide bonds. The van der Waals surface area contributed by atoms with Crippen LogP contribution in [0.25, 0.3) is 6.08 Å². The molecule has 1 aromatic heterocycles. The Morgan fingerprint density at radius 3 is 2.38 bits per heavy atom. The molecule has 0 bridgehead atoms. The Morgan fingerprint density at radius 1 is 1.05 bits per heavy atom. The Balaban J connectivity index is 0.000000313. The van der Waals surface area contributed by atoms with Crippen molar-refractivity contribution in [2.45, 2.75) is 0 Å². The summed E-state index contributed by atoms with van der Waals surface area (Å²) < 4.78 is 0. The third-order valence-corrected chi connectivity index (χ3v) is 2.61. The second-order valence-corrected chi connectivity index (χ2v) is 4.12. The van der Waals surface area contributed by atoms with Crippen LogP contribution in [-0.2, 0) is 17.1 Å². The third kappa shape index (κ3) is 6.17. The molecule has 3 heteroatoms. The number of hydrogen-bond donors (Lipinski definition) is 0. The van der Waals surface area contributed by atoms with Crippen LogP contribution in [0.5, 0.6) is 0 Å². The molecular formula is C18H15FeNO. The molecule has 21 heavy (non-hydrogen) atoms. The number of carbonyl (C=O) groups excluding carboxylic acids is 1. The van der Waals surface area contributed by atoms with Gasteiger partial charge in [0.25, 0.3) is 0 Å². The van der Waals surface area contributed by atoms with E-state index in [0.29, 0.717) is 0 Å². The molecule has 2 aromatic carbocycles. The van der Waals surface area contributed by atoms with Crippen molar-refractivity contribution in [1.82, 2.24) is 4.98 Å². The Kier molecular flexibility index (Phi) is 7.73. The zero-order chi connectivity index (χ0) is 14.0. The van der Waals surface area contributed by atoms with Crippen molar-refractivity contribution >= 4 is 11.9 Å². The van der Waals surface area contributed by atoms with Crippen molar-refractivity contribution in [2.24, 2.45) is 0 Å². The summed E-state index contributed by atoms with van der Waals surface area (Å²) >= 11 is 0. The van der Waals surface area contributed by atoms with Gasteiger partial charge < -0.3 is 4.79 Å². The topological polar surface area (TPSA) is 30.0 Å². The molecule has 1 heterocycles. The number of rotatable bonds is 3. The quantitative estimate of drug-likeness (QED) is 0.315. The van der Waals surface area contributed by atoms with Crippen LogP contribution in [0.2, 0.25) is 0 Å². The van der Waals surface area contributed by atoms with Crippen molar-refractivity contribution in [2.75, 3.05) is 0 Å². The summed E-state index contributed by atoms with van der Waals surface area (Å²) in [6.45, 7) is 0. The summed E-state index contributed by atoms with van der Waals surface area (Å²) in [4.78, 5) is 15.5. The van der Waals surface area contributed by atoms with E-state index in [1.807, 2.05) is 54.6 Å². The molecular weight excluding hydrogens is 302 g/mol. The summed E-state index contributed by atoms with van der Waals surface area (Å²) in [6.07, 6.45) is 6.75. The van der Waals surface area contributed by atoms with Gasteiger partial charge in [-0.15, -0.1) is 11.6 Å². The summed E-state index contributed by atoms with van der Waals surface area (Å²) in [7, 11) is 0. The van der Waals surface area contributed by atoms with Crippen LogP contribution in [0, 0.1) is 0 Å². The van der Waals surface area contributed by atoms with Gasteiger partial charge in [0.05, 0.1) is 0 Å². The van der Waals surface area contributed by atoms with Crippen LogP contribution in [0.3, 0.4) is 0 Å². The first kappa shape index (κ1) is 16.8. The van der Waals surface area contributed by atoms with Gasteiger partial charge in [0.2, 0.25) is 0 Å². The number of allylic oxidation sites excluding steroid dienone is 1. The first-order chi connectivity index (χ1) is 9.86. The number of aromatic nitrogens is 1. The zero-order valence-electron chi connectivity index (χ0n) is 11.4. The molecule has 2 nitrogen and oxygen atoms in total. The summed E-state index contributed by atoms with van der Waals surface area (Å²) in [6, 6.07) is 21.1. The SMILES string of the molecule is O=C(/C=C/c1cccnc1)c1ccc[cH-]1.[Fe+2].c1cc[cH-]c1. The van der Waals surface area contributed by atoms with Gasteiger partial charge in [0.1, 0.15) is 5.78 Å². The third-order valence-electron chi connectivity index (χ3n) is 2.61. The maximum atomic E-state index is 11.6. The molecule has 106 valence electrons. The molecule has 0 aliphatic heterocycles. The molecule has 0 aliphatic rings. The largest absolute Gasteiger partial charge is 2.00 e. The molecule has 0 N–H and O–H groups in total. The van der Waals surface area contributed by atoms with E-state index >= 15 is 0 Å². The minimum atomic E-state index is 0. The first-order valence-electron chi connectivity index (χ1n) is 6.37. The fraction of sp³-hybridized carbons (Fsp3) is 0. The summed E-state index contributed by atoms with van der Waals surface area (Å²) in [5.41, 5.74) is 1.65. The normalized spacial score (nSPS) is 9.52. The Morgan fingerprint density at radius 2 is 1.86 bits per heavy atom. The van der Waals surface area contributed by atoms with Gasteiger partial charge in [-0.25, -0.2) is 12.1 Å². The maximum absolute atomic E-state index is 11.6. The van der Waals surface area contributed by atoms with E-state index in [2.05, 4.69) is 4.98 Å². The average molecular weight is 317 g/mol. The van der Waals surface area contributed by atoms with Gasteiger partial charge in [-0.05, 0) is 11.6 Å². The van der Waals surface area contributed by atoms with Crippen LogP contribution >= 0.6 is 0 Å². The van der Waals surface area contributed by atoms with Gasteiger partial charge in [0.15, 0.2) is 0 Å². The summed E-state index contributed by atoms with van der Waals surface area (Å²) in [5.74, 6) is 0.0175. The van der Waals surface area contributed by atoms with E-state index in [0.717, 1.165) is 11.1 Å². The van der Waals surface area contributed by atoms with Crippen LogP contribution in [0.4, 0.5) is 0 Å². The molecule has 0 saturated carbocycles. The summed E-state index contributed by atoms with van der Waals surface area (Å²) in [5, 5.41) is 0. The smallest absolute Gasteiger partial charge is 0.347 e. The molecule has 0 unspecified atom stereocenters. The van der Waals surface area contributed by atoms with Crippen molar-refractivity contribution < 1.29 is 21.9 Å². The van der Waals surface area contributed by atoms with Crippen molar-refractivity contribution in [3.63, 3.8) is 0 Å².